The van der Waals surface area contributed by atoms with Crippen LogP contribution in [0.5, 0.6) is 0 Å². The number of aromatic amines is 1. The van der Waals surface area contributed by atoms with Gasteiger partial charge in [0.1, 0.15) is 0 Å². The fourth-order valence-electron chi connectivity index (χ4n) is 2.58. The maximum Gasteiger partial charge on any atom is 0.276 e. The zero-order valence-corrected chi connectivity index (χ0v) is 12.4. The van der Waals surface area contributed by atoms with Crippen molar-refractivity contribution in [3.05, 3.63) is 11.4 Å². The molecule has 1 unspecified atom stereocenters. The second-order valence-corrected chi connectivity index (χ2v) is 6.20. The number of H-pyrrole nitrogens is 1. The minimum Gasteiger partial charge on any atom is -0.395 e. The number of hydrogen-bond donors (Lipinski definition) is 3. The van der Waals surface area contributed by atoms with Gasteiger partial charge in [0, 0.05) is 13.1 Å². The van der Waals surface area contributed by atoms with Crippen molar-refractivity contribution in [1.82, 2.24) is 15.1 Å². The van der Waals surface area contributed by atoms with Gasteiger partial charge in [-0.15, -0.1) is 0 Å². The Morgan fingerprint density at radius 1 is 1.45 bits per heavy atom. The number of amides is 1. The van der Waals surface area contributed by atoms with Crippen molar-refractivity contribution in [2.45, 2.75) is 51.6 Å². The normalized spacial score (nSPS) is 23.9. The third kappa shape index (κ3) is 2.95. The summed E-state index contributed by atoms with van der Waals surface area (Å²) in [5.74, 6) is 0.0530. The number of anilines is 1. The molecule has 20 heavy (non-hydrogen) atoms. The van der Waals surface area contributed by atoms with Gasteiger partial charge in [-0.3, -0.25) is 9.89 Å². The summed E-state index contributed by atoms with van der Waals surface area (Å²) < 4.78 is 0. The number of nitrogens with two attached hydrogens (primary N) is 1. The second kappa shape index (κ2) is 5.44. The van der Waals surface area contributed by atoms with Gasteiger partial charge in [-0.25, -0.2) is 0 Å². The molecule has 6 nitrogen and oxygen atoms in total. The van der Waals surface area contributed by atoms with E-state index in [1.807, 2.05) is 20.8 Å². The van der Waals surface area contributed by atoms with Crippen LogP contribution in [0.3, 0.4) is 0 Å². The minimum absolute atomic E-state index is 0.150. The molecule has 0 saturated carbocycles. The Kier molecular flexibility index (Phi) is 4.04. The van der Waals surface area contributed by atoms with Crippen LogP contribution in [-0.4, -0.2) is 44.8 Å². The highest BCUT2D eigenvalue weighted by Gasteiger charge is 2.29. The number of aliphatic hydroxyl groups is 1. The van der Waals surface area contributed by atoms with E-state index in [4.69, 9.17) is 5.73 Å². The molecule has 112 valence electrons. The van der Waals surface area contributed by atoms with E-state index in [0.717, 1.165) is 12.1 Å². The Morgan fingerprint density at radius 3 is 2.75 bits per heavy atom. The van der Waals surface area contributed by atoms with Crippen LogP contribution >= 0.6 is 0 Å². The van der Waals surface area contributed by atoms with E-state index in [1.165, 1.54) is 0 Å². The number of nitrogens with one attached hydrogen (secondary N) is 1. The molecule has 2 heterocycles. The number of likely N-dealkylation sites (tertiary alicyclic amines) is 1. The van der Waals surface area contributed by atoms with Crippen molar-refractivity contribution in [1.29, 1.82) is 0 Å². The molecule has 0 spiro atoms. The number of carbonyl (C=O) groups is 1. The summed E-state index contributed by atoms with van der Waals surface area (Å²) in [6, 6.07) is 0. The van der Waals surface area contributed by atoms with Crippen LogP contribution in [0.25, 0.3) is 0 Å². The molecule has 0 radical (unpaired) electrons. The lowest BCUT2D eigenvalue weighted by Gasteiger charge is -2.22. The Bertz CT molecular complexity index is 493. The first-order valence-electron chi connectivity index (χ1n) is 7.17. The molecule has 1 saturated heterocycles. The van der Waals surface area contributed by atoms with Crippen molar-refractivity contribution in [2.75, 3.05) is 18.8 Å². The first-order valence-corrected chi connectivity index (χ1v) is 7.17. The molecule has 1 aromatic rings. The van der Waals surface area contributed by atoms with Crippen molar-refractivity contribution in [2.24, 2.45) is 0 Å². The summed E-state index contributed by atoms with van der Waals surface area (Å²) in [6.07, 6.45) is 2.09. The van der Waals surface area contributed by atoms with Crippen LogP contribution in [0, 0.1) is 0 Å². The lowest BCUT2D eigenvalue weighted by atomic mass is 9.98. The summed E-state index contributed by atoms with van der Waals surface area (Å²) in [7, 11) is 0. The zero-order valence-electron chi connectivity index (χ0n) is 12.4. The van der Waals surface area contributed by atoms with Gasteiger partial charge in [0.2, 0.25) is 0 Å². The fraction of sp³-hybridized carbons (Fsp3) is 0.714. The van der Waals surface area contributed by atoms with Crippen LogP contribution in [0.15, 0.2) is 0 Å². The Hall–Kier alpha value is -1.56. The topological polar surface area (TPSA) is 95.2 Å². The van der Waals surface area contributed by atoms with Gasteiger partial charge in [0.05, 0.1) is 17.0 Å². The van der Waals surface area contributed by atoms with E-state index in [2.05, 4.69) is 10.2 Å². The first kappa shape index (κ1) is 14.8. The van der Waals surface area contributed by atoms with Gasteiger partial charge in [0.25, 0.3) is 5.91 Å². The van der Waals surface area contributed by atoms with Gasteiger partial charge in [-0.1, -0.05) is 13.8 Å². The second-order valence-electron chi connectivity index (χ2n) is 6.20. The molecule has 0 aliphatic carbocycles. The van der Waals surface area contributed by atoms with Crippen LogP contribution in [0.4, 0.5) is 5.69 Å². The zero-order chi connectivity index (χ0) is 14.9. The van der Waals surface area contributed by atoms with Gasteiger partial charge >= 0.3 is 0 Å². The Labute approximate surface area is 119 Å². The number of rotatable bonds is 2. The maximum absolute atomic E-state index is 12.5. The highest BCUT2D eigenvalue weighted by atomic mass is 16.3. The lowest BCUT2D eigenvalue weighted by Crippen LogP contribution is -2.34. The summed E-state index contributed by atoms with van der Waals surface area (Å²) in [5.41, 5.74) is 6.88. The van der Waals surface area contributed by atoms with E-state index in [1.54, 1.807) is 4.90 Å². The van der Waals surface area contributed by atoms with Gasteiger partial charge in [0.15, 0.2) is 5.69 Å². The lowest BCUT2D eigenvalue weighted by molar-refractivity contribution is 0.0437. The van der Waals surface area contributed by atoms with Crippen LogP contribution in [-0.2, 0) is 0 Å². The number of nitrogen functional groups attached to an aromatic ring is 1. The number of carbonyl (C=O) groups excluding carboxylic acids is 1. The van der Waals surface area contributed by atoms with Crippen molar-refractivity contribution in [3.8, 4) is 0 Å². The predicted molar refractivity (Wildman–Crippen MR) is 77.5 cm³/mol. The average Bonchev–Trinajstić information content (AvgIpc) is 2.64. The summed E-state index contributed by atoms with van der Waals surface area (Å²) >= 11 is 0. The van der Waals surface area contributed by atoms with E-state index < -0.39 is 5.60 Å². The molecule has 0 aromatic carbocycles. The van der Waals surface area contributed by atoms with Gasteiger partial charge in [-0.2, -0.15) is 5.10 Å². The molecule has 6 heteroatoms. The molecule has 1 amide bonds. The summed E-state index contributed by atoms with van der Waals surface area (Å²) in [4.78, 5) is 14.2. The highest BCUT2D eigenvalue weighted by molar-refractivity contribution is 5.97. The summed E-state index contributed by atoms with van der Waals surface area (Å²) in [5, 5.41) is 17.0. The molecular weight excluding hydrogens is 256 g/mol. The van der Waals surface area contributed by atoms with Crippen molar-refractivity contribution >= 4 is 11.6 Å². The number of aromatic nitrogens is 2. The molecule has 1 fully saturated rings. The molecular formula is C14H24N4O2. The summed E-state index contributed by atoms with van der Waals surface area (Å²) in [6.45, 7) is 7.00. The van der Waals surface area contributed by atoms with Gasteiger partial charge in [-0.05, 0) is 32.1 Å². The minimum atomic E-state index is -0.685. The van der Waals surface area contributed by atoms with Crippen LogP contribution in [0.2, 0.25) is 0 Å². The fourth-order valence-corrected chi connectivity index (χ4v) is 2.58. The van der Waals surface area contributed by atoms with E-state index in [9.17, 15) is 9.90 Å². The van der Waals surface area contributed by atoms with Crippen molar-refractivity contribution in [3.63, 3.8) is 0 Å². The monoisotopic (exact) mass is 280 g/mol. The van der Waals surface area contributed by atoms with E-state index in [-0.39, 0.29) is 11.8 Å². The largest absolute Gasteiger partial charge is 0.395 e. The third-order valence-electron chi connectivity index (χ3n) is 3.96. The van der Waals surface area contributed by atoms with Crippen LogP contribution in [0.1, 0.15) is 62.1 Å². The molecule has 2 rings (SSSR count). The quantitative estimate of drug-likeness (QED) is 0.765. The molecule has 1 aliphatic rings. The van der Waals surface area contributed by atoms with E-state index >= 15 is 0 Å². The molecule has 1 aromatic heterocycles. The molecule has 4 N–H and O–H groups in total. The third-order valence-corrected chi connectivity index (χ3v) is 3.96. The SMILES string of the molecule is CC(C)c1[nH]nc(C(=O)N2CCCC(C)(O)CC2)c1N. The smallest absolute Gasteiger partial charge is 0.276 e. The highest BCUT2D eigenvalue weighted by Crippen LogP contribution is 2.26. The van der Waals surface area contributed by atoms with Crippen LogP contribution < -0.4 is 5.73 Å². The Morgan fingerprint density at radius 2 is 2.15 bits per heavy atom. The maximum atomic E-state index is 12.5. The number of nitrogens with zero attached hydrogens (tertiary/aromatic N) is 2. The molecule has 1 aliphatic heterocycles. The standard InChI is InChI=1S/C14H24N4O2/c1-9(2)11-10(15)12(17-16-11)13(19)18-7-4-5-14(3,20)6-8-18/h9,20H,4-8,15H2,1-3H3,(H,16,17). The first-order chi connectivity index (χ1) is 9.32. The molecule has 0 bridgehead atoms. The Balaban J connectivity index is 2.15. The average molecular weight is 280 g/mol. The number of hydrogen-bond acceptors (Lipinski definition) is 4. The predicted octanol–water partition coefficient (Wildman–Crippen LogP) is 1.49. The van der Waals surface area contributed by atoms with Crippen molar-refractivity contribution < 1.29 is 9.90 Å². The molecule has 1 atom stereocenters. The van der Waals surface area contributed by atoms with E-state index in [0.29, 0.717) is 37.3 Å². The van der Waals surface area contributed by atoms with Gasteiger partial charge < -0.3 is 15.7 Å².